The van der Waals surface area contributed by atoms with Crippen LogP contribution in [0.3, 0.4) is 0 Å². The van der Waals surface area contributed by atoms with E-state index in [0.29, 0.717) is 5.91 Å². The minimum Gasteiger partial charge on any atom is -0.337 e. The normalized spacial score (nSPS) is 22.8. The minimum absolute atomic E-state index is 0.192. The molecule has 112 valence electrons. The molecule has 3 nitrogen and oxygen atoms in total. The van der Waals surface area contributed by atoms with E-state index < -0.39 is 0 Å². The zero-order chi connectivity index (χ0) is 14.6. The van der Waals surface area contributed by atoms with Crippen molar-refractivity contribution < 1.29 is 4.79 Å². The second-order valence-corrected chi connectivity index (χ2v) is 7.99. The molecule has 0 spiro atoms. The molecule has 1 aromatic heterocycles. The molecule has 5 heteroatoms. The molecule has 1 aromatic rings. The average Bonchev–Trinajstić information content (AvgIpc) is 2.90. The molecule has 0 aromatic carbocycles. The van der Waals surface area contributed by atoms with Crippen LogP contribution in [-0.4, -0.2) is 30.4 Å². The third-order valence-electron chi connectivity index (χ3n) is 4.25. The lowest BCUT2D eigenvalue weighted by atomic mass is 9.77. The summed E-state index contributed by atoms with van der Waals surface area (Å²) in [6, 6.07) is 4.15. The summed E-state index contributed by atoms with van der Waals surface area (Å²) in [6.07, 6.45) is 3.03. The molecule has 2 heterocycles. The van der Waals surface area contributed by atoms with Gasteiger partial charge in [0.1, 0.15) is 0 Å². The lowest BCUT2D eigenvalue weighted by Crippen LogP contribution is -2.51. The Balaban J connectivity index is 2.11. The van der Waals surface area contributed by atoms with E-state index in [1.54, 1.807) is 11.3 Å². The number of rotatable bonds is 5. The minimum atomic E-state index is -0.192. The van der Waals surface area contributed by atoms with E-state index >= 15 is 0 Å². The van der Waals surface area contributed by atoms with Crippen molar-refractivity contribution in [3.05, 3.63) is 20.8 Å². The molecule has 1 amide bonds. The zero-order valence-electron chi connectivity index (χ0n) is 12.2. The molecule has 1 aliphatic heterocycles. The Morgan fingerprint density at radius 3 is 2.80 bits per heavy atom. The van der Waals surface area contributed by atoms with Crippen molar-refractivity contribution >= 4 is 33.2 Å². The van der Waals surface area contributed by atoms with Gasteiger partial charge in [-0.2, -0.15) is 0 Å². The second kappa shape index (κ2) is 7.05. The Labute approximate surface area is 133 Å². The molecule has 2 rings (SSSR count). The highest BCUT2D eigenvalue weighted by molar-refractivity contribution is 9.11. The summed E-state index contributed by atoms with van der Waals surface area (Å²) >= 11 is 5.20. The molecular weight excluding hydrogens is 336 g/mol. The van der Waals surface area contributed by atoms with Crippen LogP contribution in [0.15, 0.2) is 15.9 Å². The fourth-order valence-electron chi connectivity index (χ4n) is 2.89. The van der Waals surface area contributed by atoms with Crippen molar-refractivity contribution in [1.29, 1.82) is 0 Å². The van der Waals surface area contributed by atoms with Crippen LogP contribution in [0.4, 0.5) is 0 Å². The quantitative estimate of drug-likeness (QED) is 0.871. The van der Waals surface area contributed by atoms with E-state index in [1.807, 2.05) is 4.90 Å². The smallest absolute Gasteiger partial charge is 0.230 e. The summed E-state index contributed by atoms with van der Waals surface area (Å²) < 4.78 is 1.13. The predicted molar refractivity (Wildman–Crippen MR) is 87.9 cm³/mol. The van der Waals surface area contributed by atoms with E-state index in [9.17, 15) is 4.79 Å². The summed E-state index contributed by atoms with van der Waals surface area (Å²) in [6.45, 7) is 7.58. The molecule has 0 radical (unpaired) electrons. The summed E-state index contributed by atoms with van der Waals surface area (Å²) in [7, 11) is 0. The maximum atomic E-state index is 13.0. The number of nitrogens with one attached hydrogen (secondary N) is 1. The third-order valence-corrected chi connectivity index (χ3v) is 5.86. The molecule has 1 saturated heterocycles. The van der Waals surface area contributed by atoms with Gasteiger partial charge in [0.05, 0.1) is 15.7 Å². The number of piperidine rings is 1. The number of nitrogens with zero attached hydrogens (tertiary/aromatic N) is 1. The van der Waals surface area contributed by atoms with Gasteiger partial charge < -0.3 is 10.2 Å². The van der Waals surface area contributed by atoms with Gasteiger partial charge in [-0.1, -0.05) is 6.92 Å². The molecule has 1 unspecified atom stereocenters. The molecule has 0 aliphatic carbocycles. The van der Waals surface area contributed by atoms with Crippen LogP contribution in [0.5, 0.6) is 0 Å². The average molecular weight is 359 g/mol. The molecule has 0 bridgehead atoms. The number of hydrogen-bond donors (Lipinski definition) is 1. The summed E-state index contributed by atoms with van der Waals surface area (Å²) in [5.41, 5.74) is -0.192. The third kappa shape index (κ3) is 3.43. The number of hydrogen-bond acceptors (Lipinski definition) is 3. The molecule has 1 aliphatic rings. The van der Waals surface area contributed by atoms with Crippen molar-refractivity contribution in [2.45, 2.75) is 39.7 Å². The highest BCUT2D eigenvalue weighted by atomic mass is 79.9. The number of carbonyl (C=O) groups is 1. The van der Waals surface area contributed by atoms with E-state index in [2.05, 4.69) is 47.2 Å². The second-order valence-electron chi connectivity index (χ2n) is 5.44. The first-order valence-electron chi connectivity index (χ1n) is 7.35. The van der Waals surface area contributed by atoms with E-state index in [4.69, 9.17) is 0 Å². The monoisotopic (exact) mass is 358 g/mol. The van der Waals surface area contributed by atoms with Crippen LogP contribution in [0.2, 0.25) is 0 Å². The van der Waals surface area contributed by atoms with Crippen LogP contribution in [0.1, 0.15) is 38.0 Å². The molecule has 1 fully saturated rings. The number of carbonyl (C=O) groups excluding carboxylic acids is 1. The molecule has 20 heavy (non-hydrogen) atoms. The standard InChI is InChI=1S/C15H23BrN2OS/c1-3-15(8-5-9-17-11-15)14(19)18(4-2)10-12-6-7-13(16)20-12/h6-7,17H,3-5,8-11H2,1-2H3. The van der Waals surface area contributed by atoms with Crippen molar-refractivity contribution in [3.8, 4) is 0 Å². The van der Waals surface area contributed by atoms with Gasteiger partial charge in [-0.15, -0.1) is 11.3 Å². The van der Waals surface area contributed by atoms with Gasteiger partial charge in [-0.05, 0) is 60.8 Å². The van der Waals surface area contributed by atoms with Gasteiger partial charge in [0.25, 0.3) is 0 Å². The molecular formula is C15H23BrN2OS. The Morgan fingerprint density at radius 2 is 2.30 bits per heavy atom. The van der Waals surface area contributed by atoms with E-state index in [-0.39, 0.29) is 5.41 Å². The zero-order valence-corrected chi connectivity index (χ0v) is 14.6. The summed E-state index contributed by atoms with van der Waals surface area (Å²) in [4.78, 5) is 16.2. The predicted octanol–water partition coefficient (Wildman–Crippen LogP) is 3.64. The summed E-state index contributed by atoms with van der Waals surface area (Å²) in [5, 5.41) is 3.40. The first-order chi connectivity index (χ1) is 9.61. The van der Waals surface area contributed by atoms with Crippen molar-refractivity contribution in [2.75, 3.05) is 19.6 Å². The van der Waals surface area contributed by atoms with Gasteiger partial charge in [0, 0.05) is 18.0 Å². The van der Waals surface area contributed by atoms with Crippen molar-refractivity contribution in [1.82, 2.24) is 10.2 Å². The van der Waals surface area contributed by atoms with Crippen LogP contribution in [0.25, 0.3) is 0 Å². The first-order valence-corrected chi connectivity index (χ1v) is 8.96. The topological polar surface area (TPSA) is 32.3 Å². The number of amides is 1. The molecule has 1 atom stereocenters. The van der Waals surface area contributed by atoms with Crippen molar-refractivity contribution in [3.63, 3.8) is 0 Å². The van der Waals surface area contributed by atoms with Crippen LogP contribution in [-0.2, 0) is 11.3 Å². The summed E-state index contributed by atoms with van der Waals surface area (Å²) in [5.74, 6) is 0.319. The highest BCUT2D eigenvalue weighted by Crippen LogP contribution is 2.33. The van der Waals surface area contributed by atoms with E-state index in [1.165, 1.54) is 4.88 Å². The largest absolute Gasteiger partial charge is 0.337 e. The SMILES string of the molecule is CCN(Cc1ccc(Br)s1)C(=O)C1(CC)CCCNC1. The Kier molecular flexibility index (Phi) is 5.64. The fourth-order valence-corrected chi connectivity index (χ4v) is 4.39. The van der Waals surface area contributed by atoms with Gasteiger partial charge >= 0.3 is 0 Å². The van der Waals surface area contributed by atoms with Gasteiger partial charge in [0.2, 0.25) is 5.91 Å². The maximum absolute atomic E-state index is 13.0. The molecule has 1 N–H and O–H groups in total. The molecule has 0 saturated carbocycles. The Bertz CT molecular complexity index is 454. The fraction of sp³-hybridized carbons (Fsp3) is 0.667. The van der Waals surface area contributed by atoms with Crippen LogP contribution in [0, 0.1) is 5.41 Å². The van der Waals surface area contributed by atoms with Crippen molar-refractivity contribution in [2.24, 2.45) is 5.41 Å². The Hall–Kier alpha value is -0.390. The van der Waals surface area contributed by atoms with Gasteiger partial charge in [0.15, 0.2) is 0 Å². The number of thiophene rings is 1. The first kappa shape index (κ1) is 16.0. The van der Waals surface area contributed by atoms with Gasteiger partial charge in [-0.3, -0.25) is 4.79 Å². The van der Waals surface area contributed by atoms with Crippen LogP contribution < -0.4 is 5.32 Å². The van der Waals surface area contributed by atoms with Gasteiger partial charge in [-0.25, -0.2) is 0 Å². The Morgan fingerprint density at radius 1 is 1.50 bits per heavy atom. The lowest BCUT2D eigenvalue weighted by Gasteiger charge is -2.39. The lowest BCUT2D eigenvalue weighted by molar-refractivity contribution is -0.144. The van der Waals surface area contributed by atoms with E-state index in [0.717, 1.165) is 49.2 Å². The maximum Gasteiger partial charge on any atom is 0.230 e. The van der Waals surface area contributed by atoms with Crippen LogP contribution >= 0.6 is 27.3 Å². The number of halogens is 1. The highest BCUT2D eigenvalue weighted by Gasteiger charge is 2.40.